The number of hydrogen-bond acceptors (Lipinski definition) is 4. The van der Waals surface area contributed by atoms with Crippen molar-refractivity contribution in [2.24, 2.45) is 17.8 Å². The molecule has 6 heteroatoms. The van der Waals surface area contributed by atoms with E-state index in [1.165, 1.54) is 0 Å². The van der Waals surface area contributed by atoms with Gasteiger partial charge in [-0.3, -0.25) is 14.8 Å². The van der Waals surface area contributed by atoms with E-state index in [2.05, 4.69) is 27.4 Å². The van der Waals surface area contributed by atoms with Gasteiger partial charge in [0.2, 0.25) is 5.91 Å². The first-order valence-corrected chi connectivity index (χ1v) is 9.76. The maximum atomic E-state index is 12.5. The number of amides is 1. The number of allylic oxidation sites excluding steroid dienone is 2. The summed E-state index contributed by atoms with van der Waals surface area (Å²) in [6, 6.07) is 3.90. The monoisotopic (exact) mass is 381 g/mol. The molecule has 0 saturated heterocycles. The van der Waals surface area contributed by atoms with Crippen LogP contribution in [0, 0.1) is 17.8 Å². The molecule has 4 atom stereocenters. The van der Waals surface area contributed by atoms with Crippen LogP contribution in [-0.2, 0) is 11.2 Å². The molecule has 1 aromatic carbocycles. The highest BCUT2D eigenvalue weighted by Crippen LogP contribution is 2.43. The zero-order valence-corrected chi connectivity index (χ0v) is 15.5. The van der Waals surface area contributed by atoms with Crippen molar-refractivity contribution in [2.45, 2.75) is 25.4 Å². The summed E-state index contributed by atoms with van der Waals surface area (Å²) in [4.78, 5) is 21.0. The Morgan fingerprint density at radius 1 is 1.26 bits per heavy atom. The minimum Gasteiger partial charge on any atom is -0.486 e. The second-order valence-corrected chi connectivity index (χ2v) is 8.02. The van der Waals surface area contributed by atoms with Gasteiger partial charge in [0.05, 0.1) is 23.5 Å². The number of halogens is 1. The molecule has 27 heavy (non-hydrogen) atoms. The Morgan fingerprint density at radius 2 is 2.19 bits per heavy atom. The third kappa shape index (κ3) is 3.10. The summed E-state index contributed by atoms with van der Waals surface area (Å²) >= 11 is 6.43. The normalized spacial score (nSPS) is 27.4. The van der Waals surface area contributed by atoms with Gasteiger partial charge < -0.3 is 10.1 Å². The van der Waals surface area contributed by atoms with Gasteiger partial charge in [-0.2, -0.15) is 0 Å². The summed E-state index contributed by atoms with van der Waals surface area (Å²) in [6.07, 6.45) is 12.2. The molecule has 0 radical (unpaired) electrons. The van der Waals surface area contributed by atoms with E-state index in [0.717, 1.165) is 36.1 Å². The van der Waals surface area contributed by atoms with Crippen LogP contribution in [0.3, 0.4) is 0 Å². The van der Waals surface area contributed by atoms with E-state index in [0.29, 0.717) is 29.2 Å². The average Bonchev–Trinajstić information content (AvgIpc) is 3.42. The molecule has 2 bridgehead atoms. The summed E-state index contributed by atoms with van der Waals surface area (Å²) in [5, 5.41) is 3.66. The van der Waals surface area contributed by atoms with Crippen LogP contribution in [0.5, 0.6) is 5.75 Å². The molecule has 3 aliphatic rings. The minimum absolute atomic E-state index is 0.0901. The molecule has 5 nitrogen and oxygen atoms in total. The van der Waals surface area contributed by atoms with Crippen molar-refractivity contribution in [1.82, 2.24) is 15.3 Å². The number of fused-ring (bicyclic) bond motifs is 3. The lowest BCUT2D eigenvalue weighted by atomic mass is 9.93. The quantitative estimate of drug-likeness (QED) is 0.824. The largest absolute Gasteiger partial charge is 0.486 e. The smallest absolute Gasteiger partial charge is 0.223 e. The Morgan fingerprint density at radius 3 is 2.93 bits per heavy atom. The molecule has 0 spiro atoms. The summed E-state index contributed by atoms with van der Waals surface area (Å²) in [7, 11) is 0. The Labute approximate surface area is 162 Å². The van der Waals surface area contributed by atoms with Gasteiger partial charge in [-0.25, -0.2) is 0 Å². The van der Waals surface area contributed by atoms with Crippen LogP contribution in [-0.4, -0.2) is 28.5 Å². The fourth-order valence-corrected chi connectivity index (χ4v) is 4.81. The van der Waals surface area contributed by atoms with Gasteiger partial charge in [0.1, 0.15) is 11.9 Å². The number of nitrogens with zero attached hydrogens (tertiary/aromatic N) is 2. The number of carbonyl (C=O) groups excluding carboxylic acids is 1. The lowest BCUT2D eigenvalue weighted by Gasteiger charge is -2.19. The van der Waals surface area contributed by atoms with Crippen LogP contribution in [0.4, 0.5) is 0 Å². The third-order valence-corrected chi connectivity index (χ3v) is 6.11. The predicted molar refractivity (Wildman–Crippen MR) is 102 cm³/mol. The average molecular weight is 382 g/mol. The van der Waals surface area contributed by atoms with E-state index in [9.17, 15) is 4.79 Å². The standard InChI is InChI=1S/C21H20ClN3O2/c22-18-9-14(19-11-23-3-4-24-19)7-15-8-16(27-20(15)18)10-25-21(26)17-6-12-1-2-13(17)5-12/h1-4,7,9,11-13,16-17H,5-6,8,10H2,(H,25,26)/t12-,13+,16-,17-/m1/s1. The Hall–Kier alpha value is -2.40. The van der Waals surface area contributed by atoms with E-state index in [-0.39, 0.29) is 17.9 Å². The summed E-state index contributed by atoms with van der Waals surface area (Å²) in [5.41, 5.74) is 2.75. The Bertz CT molecular complexity index is 915. The second kappa shape index (κ2) is 6.64. The highest BCUT2D eigenvalue weighted by Gasteiger charge is 2.40. The number of aromatic nitrogens is 2. The van der Waals surface area contributed by atoms with Gasteiger partial charge in [-0.05, 0) is 36.8 Å². The lowest BCUT2D eigenvalue weighted by molar-refractivity contribution is -0.126. The molecule has 138 valence electrons. The number of rotatable bonds is 4. The summed E-state index contributed by atoms with van der Waals surface area (Å²) in [5.74, 6) is 2.00. The number of nitrogens with one attached hydrogen (secondary N) is 1. The molecular weight excluding hydrogens is 362 g/mol. The molecule has 5 rings (SSSR count). The fraction of sp³-hybridized carbons (Fsp3) is 0.381. The van der Waals surface area contributed by atoms with Gasteiger partial charge >= 0.3 is 0 Å². The lowest BCUT2D eigenvalue weighted by Crippen LogP contribution is -2.39. The first-order valence-electron chi connectivity index (χ1n) is 9.39. The summed E-state index contributed by atoms with van der Waals surface area (Å²) < 4.78 is 6.01. The predicted octanol–water partition coefficient (Wildman–Crippen LogP) is 3.43. The number of benzene rings is 1. The van der Waals surface area contributed by atoms with E-state index in [4.69, 9.17) is 16.3 Å². The molecule has 1 N–H and O–H groups in total. The van der Waals surface area contributed by atoms with Crippen LogP contribution in [0.25, 0.3) is 11.3 Å². The van der Waals surface area contributed by atoms with Gasteiger partial charge in [0.15, 0.2) is 0 Å². The molecule has 0 unspecified atom stereocenters. The van der Waals surface area contributed by atoms with Crippen LogP contribution in [0.2, 0.25) is 5.02 Å². The van der Waals surface area contributed by atoms with Gasteiger partial charge in [0, 0.05) is 35.9 Å². The van der Waals surface area contributed by atoms with Crippen LogP contribution < -0.4 is 10.1 Å². The van der Waals surface area contributed by atoms with E-state index in [1.54, 1.807) is 18.6 Å². The van der Waals surface area contributed by atoms with Crippen molar-refractivity contribution >= 4 is 17.5 Å². The highest BCUT2D eigenvalue weighted by atomic mass is 35.5. The van der Waals surface area contributed by atoms with Crippen LogP contribution in [0.1, 0.15) is 18.4 Å². The van der Waals surface area contributed by atoms with Gasteiger partial charge in [0.25, 0.3) is 0 Å². The topological polar surface area (TPSA) is 64.1 Å². The van der Waals surface area contributed by atoms with Crippen molar-refractivity contribution < 1.29 is 9.53 Å². The number of carbonyl (C=O) groups is 1. The molecular formula is C21H20ClN3O2. The van der Waals surface area contributed by atoms with Crippen molar-refractivity contribution in [1.29, 1.82) is 0 Å². The van der Waals surface area contributed by atoms with Gasteiger partial charge in [-0.1, -0.05) is 23.8 Å². The molecule has 1 aliphatic heterocycles. The highest BCUT2D eigenvalue weighted by molar-refractivity contribution is 6.32. The number of ether oxygens (including phenoxy) is 1. The Balaban J connectivity index is 1.25. The zero-order valence-electron chi connectivity index (χ0n) is 14.8. The van der Waals surface area contributed by atoms with Crippen LogP contribution >= 0.6 is 11.6 Å². The van der Waals surface area contributed by atoms with E-state index < -0.39 is 0 Å². The maximum absolute atomic E-state index is 12.5. The molecule has 1 saturated carbocycles. The SMILES string of the molecule is O=C(NC[C@H]1Cc2cc(-c3cnccn3)cc(Cl)c2O1)[C@@H]1C[C@@H]2C=C[C@H]1C2. The molecule has 1 fully saturated rings. The minimum atomic E-state index is -0.0901. The van der Waals surface area contributed by atoms with E-state index in [1.807, 2.05) is 12.1 Å². The Kier molecular flexibility index (Phi) is 4.12. The molecule has 2 heterocycles. The van der Waals surface area contributed by atoms with Crippen molar-refractivity contribution in [2.75, 3.05) is 6.54 Å². The summed E-state index contributed by atoms with van der Waals surface area (Å²) in [6.45, 7) is 0.502. The number of hydrogen-bond donors (Lipinski definition) is 1. The molecule has 2 aromatic rings. The zero-order chi connectivity index (χ0) is 18.4. The molecule has 2 aliphatic carbocycles. The fourth-order valence-electron chi connectivity index (χ4n) is 4.53. The van der Waals surface area contributed by atoms with Gasteiger partial charge in [-0.15, -0.1) is 0 Å². The van der Waals surface area contributed by atoms with Crippen LogP contribution in [0.15, 0.2) is 42.9 Å². The van der Waals surface area contributed by atoms with Crippen molar-refractivity contribution in [3.05, 3.63) is 53.5 Å². The first kappa shape index (κ1) is 16.8. The maximum Gasteiger partial charge on any atom is 0.223 e. The molecule has 1 aromatic heterocycles. The second-order valence-electron chi connectivity index (χ2n) is 7.61. The van der Waals surface area contributed by atoms with Crippen molar-refractivity contribution in [3.8, 4) is 17.0 Å². The van der Waals surface area contributed by atoms with E-state index >= 15 is 0 Å². The third-order valence-electron chi connectivity index (χ3n) is 5.83. The molecule has 1 amide bonds. The van der Waals surface area contributed by atoms with Crippen molar-refractivity contribution in [3.63, 3.8) is 0 Å². The first-order chi connectivity index (χ1) is 13.2.